The molecule has 0 saturated heterocycles. The monoisotopic (exact) mass is 409 g/mol. The maximum atomic E-state index is 14.0. The molecule has 24 heavy (non-hydrogen) atoms. The van der Waals surface area contributed by atoms with Gasteiger partial charge in [-0.2, -0.15) is 0 Å². The SMILES string of the molecule is Cc1c(F)cccc1C1N=C(c2nccs2)NC(CBr)=C1C(=O)O. The minimum absolute atomic E-state index is 0.0980. The molecule has 124 valence electrons. The lowest BCUT2D eigenvalue weighted by molar-refractivity contribution is -0.133. The highest BCUT2D eigenvalue weighted by atomic mass is 79.9. The van der Waals surface area contributed by atoms with Gasteiger partial charge in [0.15, 0.2) is 10.8 Å². The van der Waals surface area contributed by atoms with Crippen molar-refractivity contribution >= 4 is 39.1 Å². The Morgan fingerprint density at radius 3 is 2.92 bits per heavy atom. The fraction of sp³-hybridized carbons (Fsp3) is 0.188. The van der Waals surface area contributed by atoms with Crippen molar-refractivity contribution in [1.29, 1.82) is 0 Å². The number of aliphatic carboxylic acids is 1. The number of halogens is 2. The fourth-order valence-electron chi connectivity index (χ4n) is 2.55. The van der Waals surface area contributed by atoms with Crippen LogP contribution >= 0.6 is 27.3 Å². The van der Waals surface area contributed by atoms with E-state index in [1.165, 1.54) is 17.4 Å². The van der Waals surface area contributed by atoms with Crippen LogP contribution in [0.1, 0.15) is 22.2 Å². The van der Waals surface area contributed by atoms with Gasteiger partial charge in [-0.3, -0.25) is 4.99 Å². The zero-order valence-corrected chi connectivity index (χ0v) is 15.0. The van der Waals surface area contributed by atoms with Crippen LogP contribution in [0.2, 0.25) is 0 Å². The summed E-state index contributed by atoms with van der Waals surface area (Å²) >= 11 is 4.71. The molecule has 0 radical (unpaired) electrons. The molecule has 0 saturated carbocycles. The number of hydrogen-bond donors (Lipinski definition) is 2. The Balaban J connectivity index is 2.19. The topological polar surface area (TPSA) is 74.6 Å². The molecule has 0 amide bonds. The number of thiazole rings is 1. The van der Waals surface area contributed by atoms with E-state index in [4.69, 9.17) is 0 Å². The Kier molecular flexibility index (Phi) is 4.77. The summed E-state index contributed by atoms with van der Waals surface area (Å²) in [5, 5.41) is 15.5. The number of hydrogen-bond acceptors (Lipinski definition) is 5. The summed E-state index contributed by atoms with van der Waals surface area (Å²) in [6.07, 6.45) is 1.65. The molecule has 0 bridgehead atoms. The largest absolute Gasteiger partial charge is 0.478 e. The zero-order valence-electron chi connectivity index (χ0n) is 12.6. The number of aromatic nitrogens is 1. The third-order valence-corrected chi connectivity index (χ3v) is 5.07. The van der Waals surface area contributed by atoms with Crippen LogP contribution < -0.4 is 5.32 Å². The number of carboxylic acids is 1. The number of carbonyl (C=O) groups is 1. The molecule has 1 aromatic heterocycles. The first kappa shape index (κ1) is 16.8. The summed E-state index contributed by atoms with van der Waals surface area (Å²) in [5.74, 6) is -0.993. The van der Waals surface area contributed by atoms with Crippen LogP contribution in [0.3, 0.4) is 0 Å². The summed E-state index contributed by atoms with van der Waals surface area (Å²) in [6.45, 7) is 1.62. The summed E-state index contributed by atoms with van der Waals surface area (Å²) in [6, 6.07) is 3.81. The van der Waals surface area contributed by atoms with Gasteiger partial charge < -0.3 is 10.4 Å². The van der Waals surface area contributed by atoms with Crippen LogP contribution in [-0.4, -0.2) is 27.2 Å². The van der Waals surface area contributed by atoms with Crippen molar-refractivity contribution in [3.63, 3.8) is 0 Å². The van der Waals surface area contributed by atoms with Crippen LogP contribution in [0.25, 0.3) is 0 Å². The minimum Gasteiger partial charge on any atom is -0.478 e. The van der Waals surface area contributed by atoms with E-state index in [-0.39, 0.29) is 11.4 Å². The van der Waals surface area contributed by atoms with E-state index >= 15 is 0 Å². The van der Waals surface area contributed by atoms with E-state index in [1.807, 2.05) is 5.38 Å². The maximum absolute atomic E-state index is 14.0. The number of allylic oxidation sites excluding steroid dienone is 1. The molecule has 0 spiro atoms. The Morgan fingerprint density at radius 2 is 2.29 bits per heavy atom. The number of aliphatic imine (C=N–C) groups is 1. The van der Waals surface area contributed by atoms with Gasteiger partial charge in [-0.25, -0.2) is 14.2 Å². The smallest absolute Gasteiger partial charge is 0.335 e. The predicted molar refractivity (Wildman–Crippen MR) is 94.1 cm³/mol. The van der Waals surface area contributed by atoms with Crippen LogP contribution in [0.5, 0.6) is 0 Å². The van der Waals surface area contributed by atoms with Crippen LogP contribution in [0.15, 0.2) is 46.0 Å². The number of rotatable bonds is 4. The van der Waals surface area contributed by atoms with E-state index < -0.39 is 12.0 Å². The molecule has 1 aliphatic rings. The molecular weight excluding hydrogens is 397 g/mol. The van der Waals surface area contributed by atoms with Crippen LogP contribution in [0.4, 0.5) is 4.39 Å². The quantitative estimate of drug-likeness (QED) is 0.758. The normalized spacial score (nSPS) is 17.5. The molecular formula is C16H13BrFN3O2S. The Labute approximate surface area is 150 Å². The number of nitrogens with zero attached hydrogens (tertiary/aromatic N) is 2. The Bertz CT molecular complexity index is 849. The molecule has 1 atom stereocenters. The summed E-state index contributed by atoms with van der Waals surface area (Å²) in [4.78, 5) is 20.5. The molecule has 0 fully saturated rings. The maximum Gasteiger partial charge on any atom is 0.335 e. The van der Waals surface area contributed by atoms with Crippen LogP contribution in [0, 0.1) is 12.7 Å². The van der Waals surface area contributed by atoms with E-state index in [0.29, 0.717) is 33.0 Å². The van der Waals surface area contributed by atoms with Gasteiger partial charge in [0.1, 0.15) is 11.9 Å². The molecule has 2 aromatic rings. The standard InChI is InChI=1S/C16H13BrFN3O2S/c1-8-9(3-2-4-10(8)18)13-12(16(22)23)11(7-17)20-14(21-13)15-19-5-6-24-15/h2-6,13H,7H2,1H3,(H,20,21)(H,22,23). The summed E-state index contributed by atoms with van der Waals surface area (Å²) in [5.41, 5.74) is 1.50. The molecule has 3 rings (SSSR count). The lowest BCUT2D eigenvalue weighted by Crippen LogP contribution is -2.34. The van der Waals surface area contributed by atoms with Gasteiger partial charge in [-0.15, -0.1) is 11.3 Å². The molecule has 5 nitrogen and oxygen atoms in total. The van der Waals surface area contributed by atoms with Gasteiger partial charge in [0.25, 0.3) is 0 Å². The number of nitrogens with one attached hydrogen (secondary N) is 1. The lowest BCUT2D eigenvalue weighted by Gasteiger charge is -2.26. The van der Waals surface area contributed by atoms with Crippen molar-refractivity contribution in [3.8, 4) is 0 Å². The average molecular weight is 410 g/mol. The zero-order chi connectivity index (χ0) is 17.3. The van der Waals surface area contributed by atoms with Crippen molar-refractivity contribution in [2.75, 3.05) is 5.33 Å². The molecule has 0 aliphatic carbocycles. The summed E-state index contributed by atoms with van der Waals surface area (Å²) < 4.78 is 14.0. The van der Waals surface area contributed by atoms with Gasteiger partial charge in [0, 0.05) is 22.6 Å². The number of alkyl halides is 1. The number of amidine groups is 1. The Morgan fingerprint density at radius 1 is 1.50 bits per heavy atom. The highest BCUT2D eigenvalue weighted by Gasteiger charge is 2.32. The third kappa shape index (κ3) is 2.99. The van der Waals surface area contributed by atoms with E-state index in [9.17, 15) is 14.3 Å². The second-order valence-electron chi connectivity index (χ2n) is 5.13. The number of carboxylic acid groups (broad SMARTS) is 1. The molecule has 1 unspecified atom stereocenters. The minimum atomic E-state index is -1.09. The van der Waals surface area contributed by atoms with E-state index in [0.717, 1.165) is 0 Å². The molecule has 8 heteroatoms. The van der Waals surface area contributed by atoms with Crippen molar-refractivity contribution in [2.24, 2.45) is 4.99 Å². The lowest BCUT2D eigenvalue weighted by atomic mass is 9.92. The van der Waals surface area contributed by atoms with Crippen molar-refractivity contribution in [1.82, 2.24) is 10.3 Å². The number of benzene rings is 1. The van der Waals surface area contributed by atoms with Crippen molar-refractivity contribution < 1.29 is 14.3 Å². The van der Waals surface area contributed by atoms with E-state index in [1.54, 1.807) is 25.3 Å². The fourth-order valence-corrected chi connectivity index (χ4v) is 3.58. The Hall–Kier alpha value is -2.06. The second kappa shape index (κ2) is 6.82. The second-order valence-corrected chi connectivity index (χ2v) is 6.58. The van der Waals surface area contributed by atoms with Gasteiger partial charge in [-0.05, 0) is 24.1 Å². The van der Waals surface area contributed by atoms with Gasteiger partial charge >= 0.3 is 5.97 Å². The third-order valence-electron chi connectivity index (χ3n) is 3.73. The molecule has 2 N–H and O–H groups in total. The first-order chi connectivity index (χ1) is 11.5. The summed E-state index contributed by atoms with van der Waals surface area (Å²) in [7, 11) is 0. The van der Waals surface area contributed by atoms with E-state index in [2.05, 4.69) is 31.2 Å². The molecule has 2 heterocycles. The van der Waals surface area contributed by atoms with Crippen LogP contribution in [-0.2, 0) is 4.79 Å². The highest BCUT2D eigenvalue weighted by Crippen LogP contribution is 2.34. The first-order valence-corrected chi connectivity index (χ1v) is 9.05. The van der Waals surface area contributed by atoms with Gasteiger partial charge in [0.05, 0.1) is 5.57 Å². The van der Waals surface area contributed by atoms with Gasteiger partial charge in [-0.1, -0.05) is 28.1 Å². The van der Waals surface area contributed by atoms with Crippen molar-refractivity contribution in [2.45, 2.75) is 13.0 Å². The first-order valence-electron chi connectivity index (χ1n) is 7.05. The highest BCUT2D eigenvalue weighted by molar-refractivity contribution is 9.09. The predicted octanol–water partition coefficient (Wildman–Crippen LogP) is 3.42. The van der Waals surface area contributed by atoms with Crippen molar-refractivity contribution in [3.05, 3.63) is 63.0 Å². The average Bonchev–Trinajstić information content (AvgIpc) is 3.10. The molecule has 1 aliphatic heterocycles. The molecule has 1 aromatic carbocycles. The van der Waals surface area contributed by atoms with Gasteiger partial charge in [0.2, 0.25) is 0 Å².